The van der Waals surface area contributed by atoms with E-state index in [0.29, 0.717) is 16.6 Å². The average Bonchev–Trinajstić information content (AvgIpc) is 3.31. The van der Waals surface area contributed by atoms with Crippen LogP contribution < -0.4 is 10.1 Å². The molecule has 0 saturated heterocycles. The van der Waals surface area contributed by atoms with Gasteiger partial charge in [0.1, 0.15) is 10.8 Å². The Kier molecular flexibility index (Phi) is 5.96. The first-order valence-corrected chi connectivity index (χ1v) is 9.26. The van der Waals surface area contributed by atoms with Crippen LogP contribution in [0, 0.1) is 0 Å². The number of carbonyl (C=O) groups excluding carboxylic acids is 1. The smallest absolute Gasteiger partial charge is 0.279 e. The topological polar surface area (TPSA) is 90.1 Å². The number of anilines is 1. The standard InChI is InChI=1S/C18H20N4O3S/c1-3-4-5-10-16-20-21-18(26-16)19-17(23)13-11-15(25-22-13)12-8-6-7-9-14(12)24-2/h6-9,11H,3-5,10H2,1-2H3,(H,19,21,23). The number of ether oxygens (including phenoxy) is 1. The Bertz CT molecular complexity index is 875. The van der Waals surface area contributed by atoms with Crippen LogP contribution in [0.25, 0.3) is 11.3 Å². The quantitative estimate of drug-likeness (QED) is 0.596. The zero-order chi connectivity index (χ0) is 18.4. The third-order valence-corrected chi connectivity index (χ3v) is 4.70. The summed E-state index contributed by atoms with van der Waals surface area (Å²) in [6.45, 7) is 2.16. The molecule has 136 valence electrons. The maximum atomic E-state index is 12.4. The minimum absolute atomic E-state index is 0.175. The molecule has 0 aliphatic carbocycles. The fraction of sp³-hybridized carbons (Fsp3) is 0.333. The number of methoxy groups -OCH3 is 1. The summed E-state index contributed by atoms with van der Waals surface area (Å²) >= 11 is 1.38. The second kappa shape index (κ2) is 8.57. The summed E-state index contributed by atoms with van der Waals surface area (Å²) in [5.74, 6) is 0.729. The molecule has 0 radical (unpaired) electrons. The number of aromatic nitrogens is 3. The van der Waals surface area contributed by atoms with Crippen LogP contribution in [0.3, 0.4) is 0 Å². The van der Waals surface area contributed by atoms with Gasteiger partial charge in [0, 0.05) is 12.5 Å². The monoisotopic (exact) mass is 372 g/mol. The van der Waals surface area contributed by atoms with Crippen molar-refractivity contribution in [3.63, 3.8) is 0 Å². The van der Waals surface area contributed by atoms with Gasteiger partial charge in [0.05, 0.1) is 12.7 Å². The molecule has 0 saturated carbocycles. The second-order valence-electron chi connectivity index (χ2n) is 5.69. The Morgan fingerprint density at radius 2 is 2.12 bits per heavy atom. The number of rotatable bonds is 8. The highest BCUT2D eigenvalue weighted by molar-refractivity contribution is 7.15. The molecule has 0 aliphatic heterocycles. The number of amides is 1. The first kappa shape index (κ1) is 18.1. The maximum absolute atomic E-state index is 12.4. The Hall–Kier alpha value is -2.74. The number of unbranched alkanes of at least 4 members (excludes halogenated alkanes) is 2. The molecule has 3 aromatic rings. The number of nitrogens with one attached hydrogen (secondary N) is 1. The van der Waals surface area contributed by atoms with E-state index < -0.39 is 0 Å². The van der Waals surface area contributed by atoms with Crippen molar-refractivity contribution >= 4 is 22.4 Å². The van der Waals surface area contributed by atoms with Gasteiger partial charge in [-0.1, -0.05) is 48.4 Å². The Morgan fingerprint density at radius 1 is 1.27 bits per heavy atom. The van der Waals surface area contributed by atoms with E-state index in [4.69, 9.17) is 9.26 Å². The molecule has 1 N–H and O–H groups in total. The van der Waals surface area contributed by atoms with Gasteiger partial charge < -0.3 is 9.26 Å². The van der Waals surface area contributed by atoms with Gasteiger partial charge in [0.2, 0.25) is 5.13 Å². The van der Waals surface area contributed by atoms with Crippen LogP contribution in [0.1, 0.15) is 41.7 Å². The van der Waals surface area contributed by atoms with Crippen LogP contribution in [-0.2, 0) is 6.42 Å². The van der Waals surface area contributed by atoms with Crippen molar-refractivity contribution in [3.05, 3.63) is 41.0 Å². The van der Waals surface area contributed by atoms with Gasteiger partial charge in [-0.15, -0.1) is 10.2 Å². The number of hydrogen-bond donors (Lipinski definition) is 1. The van der Waals surface area contributed by atoms with Gasteiger partial charge in [-0.05, 0) is 18.6 Å². The molecule has 0 bridgehead atoms. The molecule has 2 heterocycles. The van der Waals surface area contributed by atoms with Crippen molar-refractivity contribution in [1.29, 1.82) is 0 Å². The molecule has 0 spiro atoms. The van der Waals surface area contributed by atoms with Crippen LogP contribution in [0.15, 0.2) is 34.9 Å². The van der Waals surface area contributed by atoms with E-state index in [1.54, 1.807) is 13.2 Å². The Labute approximate surface area is 155 Å². The summed E-state index contributed by atoms with van der Waals surface area (Å²) < 4.78 is 10.6. The van der Waals surface area contributed by atoms with E-state index in [1.165, 1.54) is 11.3 Å². The number of para-hydroxylation sites is 1. The SMILES string of the molecule is CCCCCc1nnc(NC(=O)c2cc(-c3ccccc3OC)on2)s1. The number of benzene rings is 1. The largest absolute Gasteiger partial charge is 0.496 e. The van der Waals surface area contributed by atoms with Crippen LogP contribution in [-0.4, -0.2) is 28.4 Å². The molecule has 3 rings (SSSR count). The van der Waals surface area contributed by atoms with Crippen LogP contribution in [0.2, 0.25) is 0 Å². The van der Waals surface area contributed by atoms with Crippen LogP contribution >= 0.6 is 11.3 Å². The second-order valence-corrected chi connectivity index (χ2v) is 6.75. The fourth-order valence-corrected chi connectivity index (χ4v) is 3.23. The summed E-state index contributed by atoms with van der Waals surface area (Å²) in [4.78, 5) is 12.4. The van der Waals surface area contributed by atoms with Crippen LogP contribution in [0.4, 0.5) is 5.13 Å². The van der Waals surface area contributed by atoms with Crippen molar-refractivity contribution in [1.82, 2.24) is 15.4 Å². The van der Waals surface area contributed by atoms with E-state index in [-0.39, 0.29) is 11.6 Å². The summed E-state index contributed by atoms with van der Waals surface area (Å²) in [5, 5.41) is 16.1. The molecule has 1 amide bonds. The van der Waals surface area contributed by atoms with Crippen molar-refractivity contribution in [2.45, 2.75) is 32.6 Å². The van der Waals surface area contributed by atoms with E-state index in [1.807, 2.05) is 24.3 Å². The van der Waals surface area contributed by atoms with E-state index in [2.05, 4.69) is 27.6 Å². The lowest BCUT2D eigenvalue weighted by molar-refractivity contribution is 0.101. The molecular formula is C18H20N4O3S. The number of hydrogen-bond acceptors (Lipinski definition) is 7. The summed E-state index contributed by atoms with van der Waals surface area (Å²) in [6.07, 6.45) is 4.27. The number of nitrogens with zero attached hydrogens (tertiary/aromatic N) is 3. The van der Waals surface area contributed by atoms with Crippen molar-refractivity contribution in [2.24, 2.45) is 0 Å². The lowest BCUT2D eigenvalue weighted by Crippen LogP contribution is -2.11. The molecule has 2 aromatic heterocycles. The molecule has 1 aromatic carbocycles. The molecule has 0 atom stereocenters. The van der Waals surface area contributed by atoms with E-state index in [0.717, 1.165) is 36.3 Å². The van der Waals surface area contributed by atoms with Gasteiger partial charge in [0.25, 0.3) is 5.91 Å². The predicted molar refractivity (Wildman–Crippen MR) is 99.6 cm³/mol. The first-order chi connectivity index (χ1) is 12.7. The van der Waals surface area contributed by atoms with Gasteiger partial charge in [-0.3, -0.25) is 10.1 Å². The molecule has 0 fully saturated rings. The number of aryl methyl sites for hydroxylation is 1. The average molecular weight is 372 g/mol. The van der Waals surface area contributed by atoms with Gasteiger partial charge in [-0.25, -0.2) is 0 Å². The number of carbonyl (C=O) groups is 1. The third-order valence-electron chi connectivity index (χ3n) is 3.80. The van der Waals surface area contributed by atoms with E-state index in [9.17, 15) is 4.79 Å². The highest BCUT2D eigenvalue weighted by Gasteiger charge is 2.17. The Balaban J connectivity index is 1.67. The minimum Gasteiger partial charge on any atom is -0.496 e. The molecular weight excluding hydrogens is 352 g/mol. The summed E-state index contributed by atoms with van der Waals surface area (Å²) in [7, 11) is 1.58. The minimum atomic E-state index is -0.383. The van der Waals surface area contributed by atoms with Gasteiger partial charge in [0.15, 0.2) is 11.5 Å². The van der Waals surface area contributed by atoms with Gasteiger partial charge in [-0.2, -0.15) is 0 Å². The molecule has 0 unspecified atom stereocenters. The first-order valence-electron chi connectivity index (χ1n) is 8.45. The Morgan fingerprint density at radius 3 is 2.92 bits per heavy atom. The summed E-state index contributed by atoms with van der Waals surface area (Å²) in [6, 6.07) is 8.96. The molecule has 7 nitrogen and oxygen atoms in total. The van der Waals surface area contributed by atoms with E-state index >= 15 is 0 Å². The molecule has 26 heavy (non-hydrogen) atoms. The van der Waals surface area contributed by atoms with Crippen molar-refractivity contribution in [3.8, 4) is 17.1 Å². The van der Waals surface area contributed by atoms with Crippen LogP contribution in [0.5, 0.6) is 5.75 Å². The zero-order valence-electron chi connectivity index (χ0n) is 14.7. The fourth-order valence-electron chi connectivity index (χ4n) is 2.45. The summed E-state index contributed by atoms with van der Waals surface area (Å²) in [5.41, 5.74) is 0.907. The third kappa shape index (κ3) is 4.26. The van der Waals surface area contributed by atoms with Crippen molar-refractivity contribution in [2.75, 3.05) is 12.4 Å². The molecule has 8 heteroatoms. The molecule has 0 aliphatic rings. The zero-order valence-corrected chi connectivity index (χ0v) is 15.5. The highest BCUT2D eigenvalue weighted by Crippen LogP contribution is 2.30. The maximum Gasteiger partial charge on any atom is 0.279 e. The normalized spacial score (nSPS) is 10.7. The predicted octanol–water partition coefficient (Wildman–Crippen LogP) is 4.19. The lowest BCUT2D eigenvalue weighted by Gasteiger charge is -2.03. The lowest BCUT2D eigenvalue weighted by atomic mass is 10.1. The van der Waals surface area contributed by atoms with Gasteiger partial charge >= 0.3 is 0 Å². The highest BCUT2D eigenvalue weighted by atomic mass is 32.1. The van der Waals surface area contributed by atoms with Crippen molar-refractivity contribution < 1.29 is 14.1 Å².